The molecule has 1 aromatic rings. The van der Waals surface area contributed by atoms with Gasteiger partial charge in [-0.3, -0.25) is 0 Å². The fourth-order valence-electron chi connectivity index (χ4n) is 3.88. The number of fused-ring (bicyclic) bond motifs is 2. The van der Waals surface area contributed by atoms with Crippen molar-refractivity contribution >= 4 is 23.4 Å². The number of likely N-dealkylation sites (tertiary alicyclic amines) is 1. The van der Waals surface area contributed by atoms with Crippen LogP contribution >= 0.6 is 11.3 Å². The Hall–Kier alpha value is -1.83. The Morgan fingerprint density at radius 3 is 2.16 bits per heavy atom. The van der Waals surface area contributed by atoms with Crippen LogP contribution in [-0.2, 0) is 12.0 Å². The number of amides is 4. The van der Waals surface area contributed by atoms with Crippen LogP contribution in [0.5, 0.6) is 0 Å². The van der Waals surface area contributed by atoms with Crippen molar-refractivity contribution in [3.63, 3.8) is 0 Å². The Morgan fingerprint density at radius 1 is 1.04 bits per heavy atom. The summed E-state index contributed by atoms with van der Waals surface area (Å²) in [4.78, 5) is 37.9. The average Bonchev–Trinajstić information content (AvgIpc) is 2.95. The van der Waals surface area contributed by atoms with Gasteiger partial charge in [0, 0.05) is 58.1 Å². The lowest BCUT2D eigenvalue weighted by Gasteiger charge is -2.47. The number of nitrogens with zero attached hydrogens (tertiary/aromatic N) is 5. The summed E-state index contributed by atoms with van der Waals surface area (Å²) in [5, 5.41) is 1.05. The molecule has 0 atom stereocenters. The molecule has 0 aromatic carbocycles. The first kappa shape index (κ1) is 18.0. The summed E-state index contributed by atoms with van der Waals surface area (Å²) in [5.41, 5.74) is 1.03. The number of carbonyl (C=O) groups excluding carboxylic acids is 2. The van der Waals surface area contributed by atoms with Crippen molar-refractivity contribution in [2.75, 3.05) is 47.8 Å². The Balaban J connectivity index is 1.87. The summed E-state index contributed by atoms with van der Waals surface area (Å²) >= 11 is 1.69. The summed E-state index contributed by atoms with van der Waals surface area (Å²) in [5.74, 6) is 0. The topological polar surface area (TPSA) is 60.0 Å². The van der Waals surface area contributed by atoms with Gasteiger partial charge in [-0.15, -0.1) is 11.3 Å². The van der Waals surface area contributed by atoms with Crippen LogP contribution in [-0.4, -0.2) is 84.5 Å². The Bertz CT molecular complexity index is 677. The van der Waals surface area contributed by atoms with Gasteiger partial charge in [-0.25, -0.2) is 14.6 Å². The van der Waals surface area contributed by atoms with Crippen molar-refractivity contribution in [1.29, 1.82) is 0 Å². The molecule has 1 saturated heterocycles. The second-order valence-corrected chi connectivity index (χ2v) is 8.77. The third kappa shape index (κ3) is 3.19. The molecule has 2 aliphatic heterocycles. The second kappa shape index (κ2) is 6.48. The van der Waals surface area contributed by atoms with Gasteiger partial charge in [-0.05, 0) is 19.8 Å². The highest BCUT2D eigenvalue weighted by atomic mass is 32.1. The number of urea groups is 2. The maximum absolute atomic E-state index is 12.6. The van der Waals surface area contributed by atoms with E-state index in [1.54, 1.807) is 49.3 Å². The van der Waals surface area contributed by atoms with Gasteiger partial charge in [0.1, 0.15) is 0 Å². The SMILES string of the molecule is Cc1nc2c(s1)CN(C(=O)N(C)C)CC21CCN(C(=O)N(C)C)CC1. The summed E-state index contributed by atoms with van der Waals surface area (Å²) in [6.07, 6.45) is 1.69. The molecule has 8 heteroatoms. The van der Waals surface area contributed by atoms with Crippen LogP contribution in [0, 0.1) is 6.92 Å². The molecule has 1 spiro atoms. The minimum atomic E-state index is -0.132. The normalized spacial score (nSPS) is 18.9. The van der Waals surface area contributed by atoms with Crippen molar-refractivity contribution in [3.05, 3.63) is 15.6 Å². The molecule has 138 valence electrons. The van der Waals surface area contributed by atoms with E-state index in [-0.39, 0.29) is 17.5 Å². The van der Waals surface area contributed by atoms with Gasteiger partial charge in [-0.1, -0.05) is 0 Å². The molecular weight excluding hydrogens is 338 g/mol. The molecule has 0 bridgehead atoms. The van der Waals surface area contributed by atoms with Gasteiger partial charge in [-0.2, -0.15) is 0 Å². The number of aryl methyl sites for hydroxylation is 1. The third-order valence-corrected chi connectivity index (χ3v) is 6.12. The maximum Gasteiger partial charge on any atom is 0.319 e. The summed E-state index contributed by atoms with van der Waals surface area (Å²) in [7, 11) is 7.15. The molecule has 0 unspecified atom stereocenters. The Kier molecular flexibility index (Phi) is 4.66. The maximum atomic E-state index is 12.6. The molecule has 2 aliphatic rings. The lowest BCUT2D eigenvalue weighted by atomic mass is 9.73. The third-order valence-electron chi connectivity index (χ3n) is 5.16. The summed E-state index contributed by atoms with van der Waals surface area (Å²) in [6, 6.07) is 0.101. The van der Waals surface area contributed by atoms with E-state index in [0.717, 1.165) is 23.5 Å². The predicted octanol–water partition coefficient (Wildman–Crippen LogP) is 1.96. The Morgan fingerprint density at radius 2 is 1.60 bits per heavy atom. The first-order valence-electron chi connectivity index (χ1n) is 8.63. The number of hydrogen-bond acceptors (Lipinski definition) is 4. The summed E-state index contributed by atoms with van der Waals surface area (Å²) in [6.45, 7) is 4.76. The van der Waals surface area contributed by atoms with Gasteiger partial charge in [0.2, 0.25) is 0 Å². The highest BCUT2D eigenvalue weighted by molar-refractivity contribution is 7.11. The number of piperidine rings is 1. The van der Waals surface area contributed by atoms with Crippen molar-refractivity contribution in [3.8, 4) is 0 Å². The van der Waals surface area contributed by atoms with Crippen LogP contribution < -0.4 is 0 Å². The molecule has 0 radical (unpaired) electrons. The lowest BCUT2D eigenvalue weighted by Crippen LogP contribution is -2.56. The monoisotopic (exact) mass is 365 g/mol. The van der Waals surface area contributed by atoms with Crippen LogP contribution in [0.2, 0.25) is 0 Å². The van der Waals surface area contributed by atoms with E-state index in [1.807, 2.05) is 16.7 Å². The van der Waals surface area contributed by atoms with Crippen LogP contribution in [0.4, 0.5) is 9.59 Å². The first-order valence-corrected chi connectivity index (χ1v) is 9.44. The number of thiazole rings is 1. The molecule has 3 rings (SSSR count). The zero-order valence-corrected chi connectivity index (χ0v) is 16.5. The van der Waals surface area contributed by atoms with Gasteiger partial charge in [0.05, 0.1) is 17.2 Å². The zero-order chi connectivity index (χ0) is 18.4. The number of aromatic nitrogens is 1. The first-order chi connectivity index (χ1) is 11.7. The van der Waals surface area contributed by atoms with Gasteiger partial charge < -0.3 is 19.6 Å². The molecule has 1 fully saturated rings. The zero-order valence-electron chi connectivity index (χ0n) is 15.7. The molecule has 3 heterocycles. The van der Waals surface area contributed by atoms with E-state index in [4.69, 9.17) is 4.98 Å². The van der Waals surface area contributed by atoms with Crippen molar-refractivity contribution < 1.29 is 9.59 Å². The van der Waals surface area contributed by atoms with E-state index in [9.17, 15) is 9.59 Å². The standard InChI is InChI=1S/C17H27N5O2S/c1-12-18-14-13(25-12)10-22(16(24)20(4)5)11-17(14)6-8-21(9-7-17)15(23)19(2)3/h6-11H2,1-5H3. The van der Waals surface area contributed by atoms with E-state index < -0.39 is 0 Å². The quantitative estimate of drug-likeness (QED) is 0.706. The second-order valence-electron chi connectivity index (χ2n) is 7.48. The molecule has 1 aromatic heterocycles. The highest BCUT2D eigenvalue weighted by Crippen LogP contribution is 2.43. The van der Waals surface area contributed by atoms with E-state index in [1.165, 1.54) is 4.88 Å². The van der Waals surface area contributed by atoms with Crippen molar-refractivity contribution in [2.45, 2.75) is 31.7 Å². The minimum Gasteiger partial charge on any atom is -0.331 e. The highest BCUT2D eigenvalue weighted by Gasteiger charge is 2.46. The number of carbonyl (C=O) groups is 2. The summed E-state index contributed by atoms with van der Waals surface area (Å²) < 4.78 is 0. The largest absolute Gasteiger partial charge is 0.331 e. The van der Waals surface area contributed by atoms with E-state index >= 15 is 0 Å². The smallest absolute Gasteiger partial charge is 0.319 e. The fourth-order valence-corrected chi connectivity index (χ4v) is 4.95. The fraction of sp³-hybridized carbons (Fsp3) is 0.706. The lowest BCUT2D eigenvalue weighted by molar-refractivity contribution is 0.0982. The van der Waals surface area contributed by atoms with Crippen LogP contribution in [0.25, 0.3) is 0 Å². The van der Waals surface area contributed by atoms with Gasteiger partial charge in [0.25, 0.3) is 0 Å². The minimum absolute atomic E-state index is 0.0443. The van der Waals surface area contributed by atoms with E-state index in [2.05, 4.69) is 0 Å². The van der Waals surface area contributed by atoms with Gasteiger partial charge >= 0.3 is 12.1 Å². The predicted molar refractivity (Wildman–Crippen MR) is 97.9 cm³/mol. The number of rotatable bonds is 0. The molecule has 0 aliphatic carbocycles. The van der Waals surface area contributed by atoms with Crippen molar-refractivity contribution in [1.82, 2.24) is 24.6 Å². The molecule has 7 nitrogen and oxygen atoms in total. The number of hydrogen-bond donors (Lipinski definition) is 0. The van der Waals surface area contributed by atoms with Crippen LogP contribution in [0.15, 0.2) is 0 Å². The molecule has 0 saturated carbocycles. The molecule has 0 N–H and O–H groups in total. The van der Waals surface area contributed by atoms with E-state index in [0.29, 0.717) is 26.2 Å². The Labute approximate surface area is 153 Å². The van der Waals surface area contributed by atoms with Crippen LogP contribution in [0.3, 0.4) is 0 Å². The van der Waals surface area contributed by atoms with Crippen LogP contribution in [0.1, 0.15) is 28.4 Å². The molecule has 4 amide bonds. The average molecular weight is 366 g/mol. The molecular formula is C17H27N5O2S. The molecule has 25 heavy (non-hydrogen) atoms. The van der Waals surface area contributed by atoms with Crippen molar-refractivity contribution in [2.24, 2.45) is 0 Å². The van der Waals surface area contributed by atoms with Gasteiger partial charge in [0.15, 0.2) is 0 Å².